The Labute approximate surface area is 85.1 Å². The molecule has 80 valence electrons. The molecule has 3 heteroatoms. The number of ether oxygens (including phenoxy) is 2. The van der Waals surface area contributed by atoms with Crippen molar-refractivity contribution in [3.8, 4) is 0 Å². The van der Waals surface area contributed by atoms with Crippen molar-refractivity contribution in [2.45, 2.75) is 44.4 Å². The van der Waals surface area contributed by atoms with Gasteiger partial charge < -0.3 is 14.8 Å². The summed E-state index contributed by atoms with van der Waals surface area (Å²) >= 11 is 0. The molecule has 3 rings (SSSR count). The first-order valence-corrected chi connectivity index (χ1v) is 5.86. The second-order valence-electron chi connectivity index (χ2n) is 4.93. The van der Waals surface area contributed by atoms with Gasteiger partial charge in [0.1, 0.15) is 0 Å². The van der Waals surface area contributed by atoms with E-state index in [1.165, 1.54) is 32.2 Å². The van der Waals surface area contributed by atoms with Crippen LogP contribution in [-0.4, -0.2) is 32.1 Å². The van der Waals surface area contributed by atoms with E-state index in [0.717, 1.165) is 25.7 Å². The van der Waals surface area contributed by atoms with Gasteiger partial charge in [-0.1, -0.05) is 0 Å². The maximum atomic E-state index is 5.85. The summed E-state index contributed by atoms with van der Waals surface area (Å²) in [5.74, 6) is 0. The predicted octanol–water partition coefficient (Wildman–Crippen LogP) is 1.28. The summed E-state index contributed by atoms with van der Waals surface area (Å²) in [6.07, 6.45) is 6.27. The monoisotopic (exact) mass is 197 g/mol. The highest BCUT2D eigenvalue weighted by molar-refractivity contribution is 5.12. The molecule has 3 nitrogen and oxygen atoms in total. The van der Waals surface area contributed by atoms with Crippen molar-refractivity contribution >= 4 is 0 Å². The van der Waals surface area contributed by atoms with E-state index >= 15 is 0 Å². The Bertz CT molecular complexity index is 215. The number of nitrogens with one attached hydrogen (secondary N) is 1. The molecular weight excluding hydrogens is 178 g/mol. The summed E-state index contributed by atoms with van der Waals surface area (Å²) in [5, 5.41) is 3.50. The van der Waals surface area contributed by atoms with Crippen LogP contribution in [0.15, 0.2) is 0 Å². The van der Waals surface area contributed by atoms with Crippen LogP contribution in [-0.2, 0) is 9.47 Å². The highest BCUT2D eigenvalue weighted by Crippen LogP contribution is 2.52. The Morgan fingerprint density at radius 3 is 3.07 bits per heavy atom. The standard InChI is InChI=1S/C11H19NO2/c1-2-6-13-10(3-1)14-8-11-4-5-12-9(11)7-11/h9-10,12H,1-8H2. The fourth-order valence-corrected chi connectivity index (χ4v) is 2.74. The lowest BCUT2D eigenvalue weighted by Crippen LogP contribution is -2.26. The minimum Gasteiger partial charge on any atom is -0.353 e. The Kier molecular flexibility index (Phi) is 2.26. The Morgan fingerprint density at radius 1 is 1.43 bits per heavy atom. The van der Waals surface area contributed by atoms with Crippen LogP contribution in [0.3, 0.4) is 0 Å². The minimum absolute atomic E-state index is 0.0972. The number of rotatable bonds is 3. The van der Waals surface area contributed by atoms with E-state index < -0.39 is 0 Å². The molecule has 1 N–H and O–H groups in total. The minimum atomic E-state index is 0.0972. The second kappa shape index (κ2) is 3.47. The van der Waals surface area contributed by atoms with Crippen LogP contribution in [0.5, 0.6) is 0 Å². The first kappa shape index (κ1) is 9.13. The third-order valence-electron chi connectivity index (χ3n) is 3.90. The van der Waals surface area contributed by atoms with Crippen molar-refractivity contribution in [3.63, 3.8) is 0 Å². The largest absolute Gasteiger partial charge is 0.353 e. The first-order valence-electron chi connectivity index (χ1n) is 5.86. The van der Waals surface area contributed by atoms with Crippen LogP contribution < -0.4 is 5.32 Å². The van der Waals surface area contributed by atoms with Gasteiger partial charge >= 0.3 is 0 Å². The summed E-state index contributed by atoms with van der Waals surface area (Å²) in [7, 11) is 0. The van der Waals surface area contributed by atoms with Crippen LogP contribution in [0.25, 0.3) is 0 Å². The fourth-order valence-electron chi connectivity index (χ4n) is 2.74. The SMILES string of the molecule is C1CCC(OCC23CCNC2C3)OC1. The zero-order valence-corrected chi connectivity index (χ0v) is 8.63. The van der Waals surface area contributed by atoms with Gasteiger partial charge in [0.15, 0.2) is 6.29 Å². The zero-order valence-electron chi connectivity index (χ0n) is 8.63. The Hall–Kier alpha value is -0.120. The Balaban J connectivity index is 1.45. The van der Waals surface area contributed by atoms with E-state index in [1.54, 1.807) is 0 Å². The maximum absolute atomic E-state index is 5.85. The number of fused-ring (bicyclic) bond motifs is 1. The molecule has 1 saturated carbocycles. The second-order valence-corrected chi connectivity index (χ2v) is 4.93. The molecule has 1 aliphatic carbocycles. The molecule has 14 heavy (non-hydrogen) atoms. The molecule has 2 saturated heterocycles. The molecule has 0 spiro atoms. The summed E-state index contributed by atoms with van der Waals surface area (Å²) in [6.45, 7) is 2.98. The topological polar surface area (TPSA) is 30.5 Å². The molecule has 0 aromatic rings. The van der Waals surface area contributed by atoms with Gasteiger partial charge in [-0.2, -0.15) is 0 Å². The van der Waals surface area contributed by atoms with E-state index in [2.05, 4.69) is 5.32 Å². The van der Waals surface area contributed by atoms with Crippen molar-refractivity contribution in [2.24, 2.45) is 5.41 Å². The van der Waals surface area contributed by atoms with Gasteiger partial charge in [0.05, 0.1) is 6.61 Å². The molecule has 0 aromatic heterocycles. The van der Waals surface area contributed by atoms with Gasteiger partial charge in [-0.3, -0.25) is 0 Å². The van der Waals surface area contributed by atoms with Gasteiger partial charge in [0, 0.05) is 18.1 Å². The molecule has 3 fully saturated rings. The summed E-state index contributed by atoms with van der Waals surface area (Å²) in [6, 6.07) is 0.756. The lowest BCUT2D eigenvalue weighted by atomic mass is 10.1. The molecule has 3 aliphatic rings. The average molecular weight is 197 g/mol. The van der Waals surface area contributed by atoms with E-state index in [0.29, 0.717) is 5.41 Å². The van der Waals surface area contributed by atoms with Crippen molar-refractivity contribution in [2.75, 3.05) is 19.8 Å². The normalized spacial score (nSPS) is 46.3. The van der Waals surface area contributed by atoms with Gasteiger partial charge in [0.25, 0.3) is 0 Å². The molecule has 3 atom stereocenters. The summed E-state index contributed by atoms with van der Waals surface area (Å²) in [5.41, 5.74) is 0.501. The van der Waals surface area contributed by atoms with Crippen molar-refractivity contribution in [1.29, 1.82) is 0 Å². The zero-order chi connectivity index (χ0) is 9.43. The maximum Gasteiger partial charge on any atom is 0.157 e. The lowest BCUT2D eigenvalue weighted by Gasteiger charge is -2.24. The smallest absolute Gasteiger partial charge is 0.157 e. The van der Waals surface area contributed by atoms with Crippen LogP contribution in [0.4, 0.5) is 0 Å². The van der Waals surface area contributed by atoms with E-state index in [-0.39, 0.29) is 6.29 Å². The van der Waals surface area contributed by atoms with Gasteiger partial charge in [0.2, 0.25) is 0 Å². The highest BCUT2D eigenvalue weighted by atomic mass is 16.7. The van der Waals surface area contributed by atoms with Gasteiger partial charge in [-0.25, -0.2) is 0 Å². The molecule has 0 aromatic carbocycles. The number of hydrogen-bond donors (Lipinski definition) is 1. The van der Waals surface area contributed by atoms with Crippen LogP contribution in [0, 0.1) is 5.41 Å². The summed E-state index contributed by atoms with van der Waals surface area (Å²) in [4.78, 5) is 0. The quantitative estimate of drug-likeness (QED) is 0.739. The highest BCUT2D eigenvalue weighted by Gasteiger charge is 2.57. The van der Waals surface area contributed by atoms with Crippen molar-refractivity contribution < 1.29 is 9.47 Å². The molecule has 2 aliphatic heterocycles. The third kappa shape index (κ3) is 1.58. The average Bonchev–Trinajstić information content (AvgIpc) is 2.80. The van der Waals surface area contributed by atoms with Crippen molar-refractivity contribution in [3.05, 3.63) is 0 Å². The number of hydrogen-bond acceptors (Lipinski definition) is 3. The molecule has 3 unspecified atom stereocenters. The van der Waals surface area contributed by atoms with E-state index in [4.69, 9.17) is 9.47 Å². The summed E-state index contributed by atoms with van der Waals surface area (Å²) < 4.78 is 11.4. The molecule has 0 amide bonds. The van der Waals surface area contributed by atoms with E-state index in [9.17, 15) is 0 Å². The molecule has 0 radical (unpaired) electrons. The van der Waals surface area contributed by atoms with E-state index in [1.807, 2.05) is 0 Å². The third-order valence-corrected chi connectivity index (χ3v) is 3.90. The predicted molar refractivity (Wildman–Crippen MR) is 53.0 cm³/mol. The van der Waals surface area contributed by atoms with Crippen LogP contribution in [0.2, 0.25) is 0 Å². The van der Waals surface area contributed by atoms with Gasteiger partial charge in [-0.05, 0) is 38.6 Å². The van der Waals surface area contributed by atoms with Crippen LogP contribution >= 0.6 is 0 Å². The molecular formula is C11H19NO2. The fraction of sp³-hybridized carbons (Fsp3) is 1.00. The van der Waals surface area contributed by atoms with Crippen molar-refractivity contribution in [1.82, 2.24) is 5.32 Å². The Morgan fingerprint density at radius 2 is 2.43 bits per heavy atom. The molecule has 0 bridgehead atoms. The first-order chi connectivity index (χ1) is 6.89. The lowest BCUT2D eigenvalue weighted by molar-refractivity contribution is -0.171. The van der Waals surface area contributed by atoms with Gasteiger partial charge in [-0.15, -0.1) is 0 Å². The van der Waals surface area contributed by atoms with Crippen LogP contribution in [0.1, 0.15) is 32.1 Å². The number of piperidine rings is 1. The molecule has 2 heterocycles.